The van der Waals surface area contributed by atoms with Crippen LogP contribution in [0.4, 0.5) is 8.78 Å². The summed E-state index contributed by atoms with van der Waals surface area (Å²) in [5, 5.41) is 2.81. The van der Waals surface area contributed by atoms with Crippen molar-refractivity contribution >= 4 is 15.2 Å². The van der Waals surface area contributed by atoms with Crippen molar-refractivity contribution in [1.29, 1.82) is 0 Å². The first kappa shape index (κ1) is 12.6. The fraction of sp³-hybridized carbons (Fsp3) is 0.364. The first-order valence-electron chi connectivity index (χ1n) is 5.16. The Morgan fingerprint density at radius 2 is 2.18 bits per heavy atom. The van der Waals surface area contributed by atoms with E-state index in [-0.39, 0.29) is 30.4 Å². The predicted molar refractivity (Wildman–Crippen MR) is 61.3 cm³/mol. The SMILES string of the molecule is O=C1COC(c2cc(F)ccc2F)[C@@H](NP)C1. The van der Waals surface area contributed by atoms with Crippen LogP contribution in [-0.2, 0) is 9.53 Å². The highest BCUT2D eigenvalue weighted by Gasteiger charge is 2.32. The highest BCUT2D eigenvalue weighted by molar-refractivity contribution is 7.13. The lowest BCUT2D eigenvalue weighted by Gasteiger charge is -2.31. The molecular formula is C11H12F2NO2P. The molecule has 0 amide bonds. The van der Waals surface area contributed by atoms with Crippen LogP contribution in [0.5, 0.6) is 0 Å². The Morgan fingerprint density at radius 1 is 1.41 bits per heavy atom. The van der Waals surface area contributed by atoms with Gasteiger partial charge in [0.1, 0.15) is 24.3 Å². The second-order valence-corrected chi connectivity index (χ2v) is 4.25. The van der Waals surface area contributed by atoms with Crippen molar-refractivity contribution in [1.82, 2.24) is 5.09 Å². The molecule has 1 aliphatic heterocycles. The van der Waals surface area contributed by atoms with E-state index in [0.717, 1.165) is 18.2 Å². The summed E-state index contributed by atoms with van der Waals surface area (Å²) in [5.74, 6) is -1.11. The van der Waals surface area contributed by atoms with Crippen LogP contribution in [0.1, 0.15) is 18.1 Å². The van der Waals surface area contributed by atoms with Gasteiger partial charge in [-0.25, -0.2) is 8.78 Å². The van der Waals surface area contributed by atoms with E-state index >= 15 is 0 Å². The van der Waals surface area contributed by atoms with Gasteiger partial charge in [-0.1, -0.05) is 9.39 Å². The van der Waals surface area contributed by atoms with Gasteiger partial charge >= 0.3 is 0 Å². The van der Waals surface area contributed by atoms with E-state index in [2.05, 4.69) is 14.5 Å². The highest BCUT2D eigenvalue weighted by atomic mass is 31.0. The van der Waals surface area contributed by atoms with Gasteiger partial charge in [-0.05, 0) is 18.2 Å². The number of benzene rings is 1. The predicted octanol–water partition coefficient (Wildman–Crippen LogP) is 1.74. The third kappa shape index (κ3) is 2.68. The van der Waals surface area contributed by atoms with E-state index in [1.807, 2.05) is 0 Å². The third-order valence-corrected chi connectivity index (χ3v) is 3.14. The number of nitrogens with one attached hydrogen (secondary N) is 1. The van der Waals surface area contributed by atoms with E-state index in [4.69, 9.17) is 4.74 Å². The number of ether oxygens (including phenoxy) is 1. The Hall–Kier alpha value is -0.900. The summed E-state index contributed by atoms with van der Waals surface area (Å²) >= 11 is 0. The molecule has 1 heterocycles. The number of hydrogen-bond acceptors (Lipinski definition) is 3. The molecule has 0 aromatic heterocycles. The van der Waals surface area contributed by atoms with Gasteiger partial charge in [-0.15, -0.1) is 0 Å². The molecule has 0 aliphatic carbocycles. The molecule has 1 aliphatic rings. The maximum absolute atomic E-state index is 13.6. The number of carbonyl (C=O) groups excluding carboxylic acids is 1. The first-order chi connectivity index (χ1) is 8.11. The summed E-state index contributed by atoms with van der Waals surface area (Å²) in [6.07, 6.45) is -0.412. The van der Waals surface area contributed by atoms with Crippen molar-refractivity contribution in [2.45, 2.75) is 18.6 Å². The highest BCUT2D eigenvalue weighted by Crippen LogP contribution is 2.30. The van der Waals surface area contributed by atoms with Gasteiger partial charge in [0.05, 0.1) is 0 Å². The molecule has 1 fully saturated rings. The Balaban J connectivity index is 2.31. The van der Waals surface area contributed by atoms with Gasteiger partial charge in [0, 0.05) is 18.0 Å². The number of carbonyl (C=O) groups is 1. The van der Waals surface area contributed by atoms with Crippen LogP contribution >= 0.6 is 9.39 Å². The molecule has 0 spiro atoms. The second kappa shape index (κ2) is 5.17. The minimum Gasteiger partial charge on any atom is -0.364 e. The lowest BCUT2D eigenvalue weighted by Crippen LogP contribution is -2.39. The van der Waals surface area contributed by atoms with Crippen LogP contribution in [0.25, 0.3) is 0 Å². The number of Topliss-reactive ketones (excluding diaryl/α,β-unsaturated/α-hetero) is 1. The first-order valence-corrected chi connectivity index (χ1v) is 5.74. The quantitative estimate of drug-likeness (QED) is 0.822. The Bertz CT molecular complexity index is 441. The number of ketones is 1. The molecule has 2 rings (SSSR count). The molecule has 6 heteroatoms. The summed E-state index contributed by atoms with van der Waals surface area (Å²) in [5.41, 5.74) is 0.137. The normalized spacial score (nSPS) is 25.0. The molecule has 3 atom stereocenters. The van der Waals surface area contributed by atoms with Crippen LogP contribution in [0, 0.1) is 11.6 Å². The molecule has 0 radical (unpaired) electrons. The molecule has 2 unspecified atom stereocenters. The molecule has 1 aromatic carbocycles. The van der Waals surface area contributed by atoms with Gasteiger partial charge in [-0.3, -0.25) is 9.88 Å². The van der Waals surface area contributed by atoms with Crippen molar-refractivity contribution < 1.29 is 18.3 Å². The van der Waals surface area contributed by atoms with Crippen molar-refractivity contribution in [3.8, 4) is 0 Å². The molecule has 0 saturated carbocycles. The lowest BCUT2D eigenvalue weighted by atomic mass is 9.96. The van der Waals surface area contributed by atoms with Crippen LogP contribution in [0.2, 0.25) is 0 Å². The fourth-order valence-electron chi connectivity index (χ4n) is 1.90. The molecular weight excluding hydrogens is 247 g/mol. The van der Waals surface area contributed by atoms with Gasteiger partial charge in [-0.2, -0.15) is 0 Å². The Morgan fingerprint density at radius 3 is 2.88 bits per heavy atom. The third-order valence-electron chi connectivity index (χ3n) is 2.72. The van der Waals surface area contributed by atoms with Crippen molar-refractivity contribution in [2.75, 3.05) is 6.61 Å². The maximum atomic E-state index is 13.6. The molecule has 1 N–H and O–H groups in total. The summed E-state index contributed by atoms with van der Waals surface area (Å²) in [4.78, 5) is 11.2. The summed E-state index contributed by atoms with van der Waals surface area (Å²) in [6.45, 7) is -0.0660. The number of halogens is 2. The standard InChI is InChI=1S/C11H12F2NO2P/c12-6-1-2-9(13)8(3-6)11-10(14-17)4-7(15)5-16-11/h1-3,10-11,14H,4-5,17H2/t10-,11?/m0/s1. The van der Waals surface area contributed by atoms with Crippen molar-refractivity contribution in [3.05, 3.63) is 35.4 Å². The van der Waals surface area contributed by atoms with Crippen LogP contribution < -0.4 is 5.09 Å². The average molecular weight is 259 g/mol. The molecule has 92 valence electrons. The van der Waals surface area contributed by atoms with Crippen LogP contribution in [0.15, 0.2) is 18.2 Å². The van der Waals surface area contributed by atoms with Crippen LogP contribution in [0.3, 0.4) is 0 Å². The Kier molecular flexibility index (Phi) is 3.82. The second-order valence-electron chi connectivity index (χ2n) is 3.91. The smallest absolute Gasteiger partial charge is 0.160 e. The molecule has 17 heavy (non-hydrogen) atoms. The molecule has 1 saturated heterocycles. The number of hydrogen-bond donors (Lipinski definition) is 1. The summed E-state index contributed by atoms with van der Waals surface area (Å²) < 4.78 is 32.0. The van der Waals surface area contributed by atoms with Crippen LogP contribution in [-0.4, -0.2) is 18.4 Å². The molecule has 0 bridgehead atoms. The van der Waals surface area contributed by atoms with Crippen molar-refractivity contribution in [3.63, 3.8) is 0 Å². The van der Waals surface area contributed by atoms with Crippen molar-refractivity contribution in [2.24, 2.45) is 0 Å². The topological polar surface area (TPSA) is 38.3 Å². The van der Waals surface area contributed by atoms with E-state index in [1.54, 1.807) is 0 Å². The molecule has 1 aromatic rings. The zero-order chi connectivity index (χ0) is 12.4. The van der Waals surface area contributed by atoms with E-state index in [1.165, 1.54) is 0 Å². The van der Waals surface area contributed by atoms with E-state index < -0.39 is 17.7 Å². The average Bonchev–Trinajstić information content (AvgIpc) is 2.32. The van der Waals surface area contributed by atoms with Gasteiger partial charge in [0.2, 0.25) is 0 Å². The minimum atomic E-state index is -0.652. The van der Waals surface area contributed by atoms with Gasteiger partial charge in [0.25, 0.3) is 0 Å². The zero-order valence-electron chi connectivity index (χ0n) is 8.95. The van der Waals surface area contributed by atoms with E-state index in [9.17, 15) is 13.6 Å². The zero-order valence-corrected chi connectivity index (χ0v) is 10.1. The Labute approximate surface area is 99.8 Å². The van der Waals surface area contributed by atoms with Gasteiger partial charge in [0.15, 0.2) is 5.78 Å². The molecule has 3 nitrogen and oxygen atoms in total. The fourth-order valence-corrected chi connectivity index (χ4v) is 2.19. The number of rotatable bonds is 2. The van der Waals surface area contributed by atoms with Gasteiger partial charge < -0.3 is 4.74 Å². The lowest BCUT2D eigenvalue weighted by molar-refractivity contribution is -0.133. The minimum absolute atomic E-state index is 0.0574. The maximum Gasteiger partial charge on any atom is 0.160 e. The summed E-state index contributed by atoms with van der Waals surface area (Å²) in [7, 11) is 2.27. The summed E-state index contributed by atoms with van der Waals surface area (Å²) in [6, 6.07) is 2.85. The van der Waals surface area contributed by atoms with E-state index in [0.29, 0.717) is 0 Å². The monoisotopic (exact) mass is 259 g/mol. The largest absolute Gasteiger partial charge is 0.364 e.